The minimum Gasteiger partial charge on any atom is -0.223 e. The maximum Gasteiger partial charge on any atom is 0.172 e. The lowest BCUT2D eigenvalue weighted by atomic mass is 10.4. The van der Waals surface area contributed by atoms with Gasteiger partial charge in [0.25, 0.3) is 0 Å². The molecular weight excluding hydrogens is 359 g/mol. The fourth-order valence-electron chi connectivity index (χ4n) is 1.32. The predicted octanol–water partition coefficient (Wildman–Crippen LogP) is 3.46. The standard InChI is InChI=1S/C9H7Br2ClN4/c1-4-6(10)5(2)16(15-4)9-7(11)8(12)13-3-14-9/h3H,1-2H3. The Morgan fingerprint density at radius 1 is 1.19 bits per heavy atom. The van der Waals surface area contributed by atoms with E-state index < -0.39 is 0 Å². The molecule has 84 valence electrons. The molecule has 0 fully saturated rings. The molecule has 0 bridgehead atoms. The van der Waals surface area contributed by atoms with Crippen LogP contribution in [-0.4, -0.2) is 19.7 Å². The summed E-state index contributed by atoms with van der Waals surface area (Å²) < 4.78 is 3.32. The van der Waals surface area contributed by atoms with Gasteiger partial charge in [-0.05, 0) is 45.7 Å². The van der Waals surface area contributed by atoms with Crippen molar-refractivity contribution in [2.75, 3.05) is 0 Å². The molecule has 2 rings (SSSR count). The summed E-state index contributed by atoms with van der Waals surface area (Å²) in [5.74, 6) is 0.631. The van der Waals surface area contributed by atoms with Crippen molar-refractivity contribution >= 4 is 43.5 Å². The van der Waals surface area contributed by atoms with Crippen molar-refractivity contribution in [3.05, 3.63) is 31.8 Å². The van der Waals surface area contributed by atoms with Gasteiger partial charge in [-0.2, -0.15) is 5.10 Å². The Bertz CT molecular complexity index is 553. The van der Waals surface area contributed by atoms with E-state index in [0.717, 1.165) is 15.9 Å². The van der Waals surface area contributed by atoms with Crippen molar-refractivity contribution in [2.45, 2.75) is 13.8 Å². The Hall–Kier alpha value is -0.460. The fraction of sp³-hybridized carbons (Fsp3) is 0.222. The second-order valence-electron chi connectivity index (χ2n) is 3.20. The summed E-state index contributed by atoms with van der Waals surface area (Å²) in [6.07, 6.45) is 1.41. The first-order valence-corrected chi connectivity index (χ1v) is 6.37. The smallest absolute Gasteiger partial charge is 0.172 e. The van der Waals surface area contributed by atoms with Crippen LogP contribution in [0.15, 0.2) is 15.3 Å². The predicted molar refractivity (Wildman–Crippen MR) is 69.0 cm³/mol. The van der Waals surface area contributed by atoms with Gasteiger partial charge in [0, 0.05) is 0 Å². The van der Waals surface area contributed by atoms with E-state index >= 15 is 0 Å². The largest absolute Gasteiger partial charge is 0.223 e. The minimum absolute atomic E-state index is 0.369. The number of hydrogen-bond acceptors (Lipinski definition) is 3. The first-order valence-electron chi connectivity index (χ1n) is 4.40. The molecule has 0 saturated carbocycles. The molecule has 0 atom stereocenters. The van der Waals surface area contributed by atoms with Crippen LogP contribution < -0.4 is 0 Å². The van der Waals surface area contributed by atoms with Crippen LogP contribution in [0, 0.1) is 13.8 Å². The van der Waals surface area contributed by atoms with Gasteiger partial charge in [-0.1, -0.05) is 11.6 Å². The molecule has 0 aliphatic carbocycles. The second-order valence-corrected chi connectivity index (χ2v) is 5.14. The van der Waals surface area contributed by atoms with Crippen molar-refractivity contribution < 1.29 is 0 Å². The SMILES string of the molecule is Cc1nn(-c2ncnc(Cl)c2Br)c(C)c1Br. The lowest BCUT2D eigenvalue weighted by Gasteiger charge is -2.05. The van der Waals surface area contributed by atoms with Crippen LogP contribution in [-0.2, 0) is 0 Å². The molecule has 4 nitrogen and oxygen atoms in total. The molecule has 0 radical (unpaired) electrons. The van der Waals surface area contributed by atoms with Crippen LogP contribution in [0.25, 0.3) is 5.82 Å². The lowest BCUT2D eigenvalue weighted by Crippen LogP contribution is -2.04. The first-order chi connectivity index (χ1) is 7.52. The van der Waals surface area contributed by atoms with Gasteiger partial charge in [0.05, 0.1) is 20.3 Å². The van der Waals surface area contributed by atoms with Crippen molar-refractivity contribution in [2.24, 2.45) is 0 Å². The molecule has 0 spiro atoms. The number of halogens is 3. The highest BCUT2D eigenvalue weighted by Gasteiger charge is 2.15. The maximum atomic E-state index is 5.91. The molecule has 0 saturated heterocycles. The van der Waals surface area contributed by atoms with E-state index in [0.29, 0.717) is 15.4 Å². The monoisotopic (exact) mass is 364 g/mol. The van der Waals surface area contributed by atoms with E-state index in [1.807, 2.05) is 13.8 Å². The van der Waals surface area contributed by atoms with Crippen LogP contribution in [0.3, 0.4) is 0 Å². The zero-order chi connectivity index (χ0) is 11.9. The molecule has 0 aromatic carbocycles. The third-order valence-corrected chi connectivity index (χ3v) is 4.52. The van der Waals surface area contributed by atoms with Crippen molar-refractivity contribution in [1.29, 1.82) is 0 Å². The maximum absolute atomic E-state index is 5.91. The summed E-state index contributed by atoms with van der Waals surface area (Å²) in [5, 5.41) is 4.74. The van der Waals surface area contributed by atoms with Crippen LogP contribution in [0.4, 0.5) is 0 Å². The van der Waals surface area contributed by atoms with Crippen LogP contribution in [0.2, 0.25) is 5.15 Å². The van der Waals surface area contributed by atoms with Gasteiger partial charge in [-0.15, -0.1) is 0 Å². The van der Waals surface area contributed by atoms with E-state index in [4.69, 9.17) is 11.6 Å². The van der Waals surface area contributed by atoms with E-state index in [2.05, 4.69) is 46.9 Å². The van der Waals surface area contributed by atoms with Crippen LogP contribution >= 0.6 is 43.5 Å². The van der Waals surface area contributed by atoms with Gasteiger partial charge in [0.1, 0.15) is 11.5 Å². The molecule has 0 unspecified atom stereocenters. The molecule has 7 heteroatoms. The van der Waals surface area contributed by atoms with Crippen LogP contribution in [0.5, 0.6) is 0 Å². The highest BCUT2D eigenvalue weighted by Crippen LogP contribution is 2.28. The number of hydrogen-bond donors (Lipinski definition) is 0. The minimum atomic E-state index is 0.369. The Morgan fingerprint density at radius 3 is 2.44 bits per heavy atom. The summed E-state index contributed by atoms with van der Waals surface area (Å²) in [6.45, 7) is 3.87. The Labute approximate surface area is 114 Å². The van der Waals surface area contributed by atoms with Crippen molar-refractivity contribution in [1.82, 2.24) is 19.7 Å². The molecule has 2 aromatic heterocycles. The van der Waals surface area contributed by atoms with Gasteiger partial charge >= 0.3 is 0 Å². The highest BCUT2D eigenvalue weighted by molar-refractivity contribution is 9.11. The third kappa shape index (κ3) is 1.89. The van der Waals surface area contributed by atoms with Crippen molar-refractivity contribution in [3.8, 4) is 5.82 Å². The number of rotatable bonds is 1. The molecule has 0 aliphatic rings. The van der Waals surface area contributed by atoms with E-state index in [1.54, 1.807) is 4.68 Å². The third-order valence-electron chi connectivity index (χ3n) is 2.13. The molecule has 0 amide bonds. The molecule has 16 heavy (non-hydrogen) atoms. The number of aromatic nitrogens is 4. The molecule has 2 heterocycles. The quantitative estimate of drug-likeness (QED) is 0.726. The van der Waals surface area contributed by atoms with Gasteiger partial charge in [0.15, 0.2) is 5.82 Å². The Morgan fingerprint density at radius 2 is 1.88 bits per heavy atom. The highest BCUT2D eigenvalue weighted by atomic mass is 79.9. The zero-order valence-electron chi connectivity index (χ0n) is 8.50. The van der Waals surface area contributed by atoms with E-state index in [-0.39, 0.29) is 0 Å². The Balaban J connectivity index is 2.68. The Kier molecular flexibility index (Phi) is 3.32. The summed E-state index contributed by atoms with van der Waals surface area (Å²) in [6, 6.07) is 0. The summed E-state index contributed by atoms with van der Waals surface area (Å²) in [4.78, 5) is 8.04. The average molecular weight is 366 g/mol. The summed E-state index contributed by atoms with van der Waals surface area (Å²) >= 11 is 12.7. The first kappa shape index (κ1) is 12.0. The van der Waals surface area contributed by atoms with E-state index in [1.165, 1.54) is 6.33 Å². The summed E-state index contributed by atoms with van der Waals surface area (Å²) in [5.41, 5.74) is 1.87. The van der Waals surface area contributed by atoms with Crippen LogP contribution in [0.1, 0.15) is 11.4 Å². The van der Waals surface area contributed by atoms with Gasteiger partial charge in [0.2, 0.25) is 0 Å². The van der Waals surface area contributed by atoms with Gasteiger partial charge in [-0.25, -0.2) is 14.6 Å². The second kappa shape index (κ2) is 4.43. The van der Waals surface area contributed by atoms with E-state index in [9.17, 15) is 0 Å². The lowest BCUT2D eigenvalue weighted by molar-refractivity contribution is 0.795. The summed E-state index contributed by atoms with van der Waals surface area (Å²) in [7, 11) is 0. The molecule has 2 aromatic rings. The molecule has 0 aliphatic heterocycles. The topological polar surface area (TPSA) is 43.6 Å². The number of aryl methyl sites for hydroxylation is 1. The number of nitrogens with zero attached hydrogens (tertiary/aromatic N) is 4. The zero-order valence-corrected chi connectivity index (χ0v) is 12.4. The molecule has 0 N–H and O–H groups in total. The molecular formula is C9H7Br2ClN4. The average Bonchev–Trinajstić information content (AvgIpc) is 2.50. The van der Waals surface area contributed by atoms with Crippen molar-refractivity contribution in [3.63, 3.8) is 0 Å². The fourth-order valence-corrected chi connectivity index (χ4v) is 2.07. The van der Waals surface area contributed by atoms with Gasteiger partial charge in [-0.3, -0.25) is 0 Å². The normalized spacial score (nSPS) is 10.8. The van der Waals surface area contributed by atoms with Gasteiger partial charge < -0.3 is 0 Å².